The third-order valence-corrected chi connectivity index (χ3v) is 3.42. The topological polar surface area (TPSA) is 82.8 Å². The molecule has 6 nitrogen and oxygen atoms in total. The fraction of sp³-hybridized carbons (Fsp3) is 0.278. The van der Waals surface area contributed by atoms with E-state index < -0.39 is 17.8 Å². The van der Waals surface area contributed by atoms with Crippen molar-refractivity contribution in [3.8, 4) is 17.2 Å². The van der Waals surface area contributed by atoms with E-state index in [9.17, 15) is 9.18 Å². The normalized spacial score (nSPS) is 11.3. The lowest BCUT2D eigenvalue weighted by Gasteiger charge is -2.16. The highest BCUT2D eigenvalue weighted by atomic mass is 35.5. The highest BCUT2D eigenvalue weighted by molar-refractivity contribution is 5.96. The van der Waals surface area contributed by atoms with Gasteiger partial charge in [0.15, 0.2) is 17.2 Å². The van der Waals surface area contributed by atoms with Crippen LogP contribution in [0.4, 0.5) is 10.1 Å². The zero-order valence-corrected chi connectivity index (χ0v) is 15.6. The number of halogens is 2. The molecule has 8 heteroatoms. The van der Waals surface area contributed by atoms with Crippen molar-refractivity contribution in [3.63, 3.8) is 0 Å². The molecule has 2 aromatic rings. The van der Waals surface area contributed by atoms with Crippen molar-refractivity contribution >= 4 is 24.0 Å². The van der Waals surface area contributed by atoms with E-state index in [1.54, 1.807) is 6.07 Å². The Morgan fingerprint density at radius 2 is 1.85 bits per heavy atom. The number of aryl methyl sites for hydroxylation is 1. The number of benzene rings is 2. The van der Waals surface area contributed by atoms with Crippen LogP contribution in [0.1, 0.15) is 5.56 Å². The molecule has 2 rings (SSSR count). The van der Waals surface area contributed by atoms with Crippen molar-refractivity contribution in [1.82, 2.24) is 0 Å². The van der Waals surface area contributed by atoms with E-state index in [0.717, 1.165) is 11.6 Å². The molecule has 2 aromatic carbocycles. The number of anilines is 1. The minimum atomic E-state index is -0.880. The predicted octanol–water partition coefficient (Wildman–Crippen LogP) is 3.27. The van der Waals surface area contributed by atoms with E-state index in [4.69, 9.17) is 19.9 Å². The molecule has 0 saturated heterocycles. The summed E-state index contributed by atoms with van der Waals surface area (Å²) in [5, 5.41) is 2.56. The molecule has 0 saturated carbocycles. The van der Waals surface area contributed by atoms with Crippen molar-refractivity contribution in [2.75, 3.05) is 26.1 Å². The van der Waals surface area contributed by atoms with Crippen molar-refractivity contribution in [2.45, 2.75) is 13.0 Å². The molecule has 1 amide bonds. The molecule has 0 aliphatic heterocycles. The number of carbonyl (C=O) groups is 1. The number of methoxy groups -OCH3 is 2. The molecular weight excluding hydrogens is 363 g/mol. The summed E-state index contributed by atoms with van der Waals surface area (Å²) in [5.74, 6) is 0.211. The second-order valence-electron chi connectivity index (χ2n) is 5.45. The van der Waals surface area contributed by atoms with Crippen LogP contribution in [0.3, 0.4) is 0 Å². The van der Waals surface area contributed by atoms with E-state index in [2.05, 4.69) is 5.32 Å². The van der Waals surface area contributed by atoms with Gasteiger partial charge >= 0.3 is 0 Å². The van der Waals surface area contributed by atoms with E-state index in [0.29, 0.717) is 11.5 Å². The molecule has 3 N–H and O–H groups in total. The zero-order valence-electron chi connectivity index (χ0n) is 14.7. The Labute approximate surface area is 157 Å². The van der Waals surface area contributed by atoms with Crippen LogP contribution in [-0.4, -0.2) is 32.8 Å². The van der Waals surface area contributed by atoms with Gasteiger partial charge in [-0.2, -0.15) is 0 Å². The molecule has 0 spiro atoms. The number of ether oxygens (including phenoxy) is 3. The highest BCUT2D eigenvalue weighted by Crippen LogP contribution is 2.36. The Balaban J connectivity index is 0.00000338. The van der Waals surface area contributed by atoms with Gasteiger partial charge in [-0.05, 0) is 36.8 Å². The molecule has 0 bridgehead atoms. The molecule has 142 valence electrons. The van der Waals surface area contributed by atoms with Gasteiger partial charge in [-0.15, -0.1) is 12.4 Å². The van der Waals surface area contributed by atoms with Crippen LogP contribution in [0.2, 0.25) is 0 Å². The summed E-state index contributed by atoms with van der Waals surface area (Å²) in [5.41, 5.74) is 6.86. The molecule has 0 aromatic heterocycles. The van der Waals surface area contributed by atoms with Gasteiger partial charge in [0.1, 0.15) is 11.9 Å². The zero-order chi connectivity index (χ0) is 18.4. The van der Waals surface area contributed by atoms with Crippen LogP contribution in [0.5, 0.6) is 17.2 Å². The summed E-state index contributed by atoms with van der Waals surface area (Å²) >= 11 is 0. The van der Waals surface area contributed by atoms with Gasteiger partial charge in [0.2, 0.25) is 5.91 Å². The Morgan fingerprint density at radius 3 is 2.50 bits per heavy atom. The van der Waals surface area contributed by atoms with Gasteiger partial charge in [0.05, 0.1) is 19.4 Å². The number of amides is 1. The molecule has 0 aliphatic rings. The van der Waals surface area contributed by atoms with Crippen molar-refractivity contribution in [3.05, 3.63) is 47.8 Å². The molecule has 0 heterocycles. The maximum Gasteiger partial charge on any atom is 0.243 e. The Hall–Kier alpha value is -2.35. The number of rotatable bonds is 7. The van der Waals surface area contributed by atoms with Crippen molar-refractivity contribution < 1.29 is 23.4 Å². The first-order valence-corrected chi connectivity index (χ1v) is 7.62. The maximum atomic E-state index is 13.6. The summed E-state index contributed by atoms with van der Waals surface area (Å²) < 4.78 is 29.5. The third-order valence-electron chi connectivity index (χ3n) is 3.42. The van der Waals surface area contributed by atoms with E-state index >= 15 is 0 Å². The number of nitrogens with two attached hydrogens (primary N) is 1. The van der Waals surface area contributed by atoms with E-state index in [-0.39, 0.29) is 30.5 Å². The van der Waals surface area contributed by atoms with Gasteiger partial charge in [-0.25, -0.2) is 4.39 Å². The molecule has 0 fully saturated rings. The lowest BCUT2D eigenvalue weighted by molar-refractivity contribution is -0.118. The van der Waals surface area contributed by atoms with Crippen LogP contribution in [0.15, 0.2) is 36.4 Å². The van der Waals surface area contributed by atoms with Crippen LogP contribution < -0.4 is 20.5 Å². The second kappa shape index (κ2) is 9.96. The minimum Gasteiger partial charge on any atom is -0.493 e. The number of nitrogens with one attached hydrogen (secondary N) is 1. The number of hydrogen-bond donors (Lipinski definition) is 2. The largest absolute Gasteiger partial charge is 0.493 e. The monoisotopic (exact) mass is 384 g/mol. The summed E-state index contributed by atoms with van der Waals surface area (Å²) in [6, 6.07) is 8.34. The average Bonchev–Trinajstić information content (AvgIpc) is 2.58. The summed E-state index contributed by atoms with van der Waals surface area (Å²) in [6.07, 6.45) is 0. The number of carbonyl (C=O) groups excluding carboxylic acids is 1. The fourth-order valence-corrected chi connectivity index (χ4v) is 2.15. The Morgan fingerprint density at radius 1 is 1.15 bits per heavy atom. The maximum absolute atomic E-state index is 13.6. The SMILES string of the molecule is COCC(N)C(=O)Nc1cc(F)ccc1Oc1ccc(C)cc1OC.Cl. The molecule has 1 unspecified atom stereocenters. The van der Waals surface area contributed by atoms with E-state index in [1.807, 2.05) is 19.1 Å². The first-order valence-electron chi connectivity index (χ1n) is 7.62. The van der Waals surface area contributed by atoms with Crippen molar-refractivity contribution in [1.29, 1.82) is 0 Å². The first-order chi connectivity index (χ1) is 11.9. The highest BCUT2D eigenvalue weighted by Gasteiger charge is 2.17. The number of hydrogen-bond acceptors (Lipinski definition) is 5. The third kappa shape index (κ3) is 5.59. The lowest BCUT2D eigenvalue weighted by atomic mass is 10.2. The van der Waals surface area contributed by atoms with Gasteiger partial charge in [-0.1, -0.05) is 6.07 Å². The van der Waals surface area contributed by atoms with Crippen LogP contribution in [0.25, 0.3) is 0 Å². The minimum absolute atomic E-state index is 0. The smallest absolute Gasteiger partial charge is 0.243 e. The summed E-state index contributed by atoms with van der Waals surface area (Å²) in [7, 11) is 2.96. The van der Waals surface area contributed by atoms with Gasteiger partial charge < -0.3 is 25.3 Å². The van der Waals surface area contributed by atoms with Gasteiger partial charge in [-0.3, -0.25) is 4.79 Å². The standard InChI is InChI=1S/C18H21FN2O4.ClH/c1-11-4-6-16(17(8-11)24-3)25-15-7-5-12(19)9-14(15)21-18(22)13(20)10-23-2;/h4-9,13H,10,20H2,1-3H3,(H,21,22);1H. The predicted molar refractivity (Wildman–Crippen MR) is 99.9 cm³/mol. The average molecular weight is 385 g/mol. The van der Waals surface area contributed by atoms with Crippen LogP contribution >= 0.6 is 12.4 Å². The molecule has 26 heavy (non-hydrogen) atoms. The summed E-state index contributed by atoms with van der Waals surface area (Å²) in [4.78, 5) is 12.1. The first kappa shape index (κ1) is 21.7. The Kier molecular flexibility index (Phi) is 8.31. The van der Waals surface area contributed by atoms with Crippen molar-refractivity contribution in [2.24, 2.45) is 5.73 Å². The van der Waals surface area contributed by atoms with Gasteiger partial charge in [0, 0.05) is 13.2 Å². The molecule has 0 radical (unpaired) electrons. The van der Waals surface area contributed by atoms with Crippen LogP contribution in [-0.2, 0) is 9.53 Å². The second-order valence-corrected chi connectivity index (χ2v) is 5.45. The Bertz CT molecular complexity index is 758. The lowest BCUT2D eigenvalue weighted by Crippen LogP contribution is -2.39. The van der Waals surface area contributed by atoms with Gasteiger partial charge in [0.25, 0.3) is 0 Å². The molecular formula is C18H22ClFN2O4. The molecule has 1 atom stereocenters. The summed E-state index contributed by atoms with van der Waals surface area (Å²) in [6.45, 7) is 1.97. The van der Waals surface area contributed by atoms with Crippen LogP contribution in [0, 0.1) is 12.7 Å². The quantitative estimate of drug-likeness (QED) is 0.765. The molecule has 0 aliphatic carbocycles. The fourth-order valence-electron chi connectivity index (χ4n) is 2.15. The van der Waals surface area contributed by atoms with E-state index in [1.165, 1.54) is 26.4 Å².